The Kier molecular flexibility index (Phi) is 12.9. The molecule has 0 spiro atoms. The number of methoxy groups -OCH3 is 2. The molecular weight excluding hydrogens is 611 g/mol. The standard InChI is InChI=1S/C40H47FN2O3.ClH/c1-39(35-29-37(46-3)36(45-2)28-31(35)21-26-43-39)22-10-11-23-40(32-13-6-4-7-14-32,33-15-8-5-9-16-33)24-12-25-42-38(44)27-30-17-19-34(41)20-18-30;/h4-9,13-20,28-29,43H,10-12,21-27H2,1-3H3,(H,42,44);1H. The van der Waals surface area contributed by atoms with Crippen LogP contribution in [0.5, 0.6) is 11.5 Å². The third-order valence-corrected chi connectivity index (χ3v) is 9.68. The second-order valence-electron chi connectivity index (χ2n) is 12.7. The monoisotopic (exact) mass is 658 g/mol. The third kappa shape index (κ3) is 8.74. The largest absolute Gasteiger partial charge is 0.493 e. The fourth-order valence-electron chi connectivity index (χ4n) is 7.19. The van der Waals surface area contributed by atoms with E-state index < -0.39 is 0 Å². The van der Waals surface area contributed by atoms with Crippen molar-refractivity contribution in [1.82, 2.24) is 10.6 Å². The van der Waals surface area contributed by atoms with Gasteiger partial charge in [-0.3, -0.25) is 4.79 Å². The van der Waals surface area contributed by atoms with Crippen molar-refractivity contribution in [2.45, 2.75) is 69.2 Å². The van der Waals surface area contributed by atoms with Gasteiger partial charge in [-0.1, -0.05) is 85.6 Å². The first-order valence-corrected chi connectivity index (χ1v) is 16.5. The maximum absolute atomic E-state index is 13.3. The predicted molar refractivity (Wildman–Crippen MR) is 190 cm³/mol. The molecule has 1 heterocycles. The Labute approximate surface area is 285 Å². The Hall–Kier alpha value is -3.87. The van der Waals surface area contributed by atoms with Crippen LogP contribution in [0.4, 0.5) is 4.39 Å². The van der Waals surface area contributed by atoms with Crippen LogP contribution in [0.1, 0.15) is 73.3 Å². The molecule has 1 amide bonds. The van der Waals surface area contributed by atoms with Crippen molar-refractivity contribution in [3.05, 3.63) is 131 Å². The van der Waals surface area contributed by atoms with Crippen LogP contribution in [-0.2, 0) is 28.6 Å². The van der Waals surface area contributed by atoms with Crippen LogP contribution in [0.3, 0.4) is 0 Å². The van der Waals surface area contributed by atoms with E-state index in [9.17, 15) is 9.18 Å². The topological polar surface area (TPSA) is 59.6 Å². The van der Waals surface area contributed by atoms with Gasteiger partial charge < -0.3 is 20.1 Å². The minimum absolute atomic E-state index is 0. The van der Waals surface area contributed by atoms with Crippen LogP contribution in [0.2, 0.25) is 0 Å². The van der Waals surface area contributed by atoms with E-state index in [0.717, 1.165) is 68.6 Å². The molecule has 0 aliphatic carbocycles. The molecule has 1 atom stereocenters. The lowest BCUT2D eigenvalue weighted by molar-refractivity contribution is -0.120. The Morgan fingerprint density at radius 3 is 2.06 bits per heavy atom. The number of amides is 1. The lowest BCUT2D eigenvalue weighted by atomic mass is 9.68. The number of nitrogens with one attached hydrogen (secondary N) is 2. The van der Waals surface area contributed by atoms with Gasteiger partial charge in [0, 0.05) is 24.0 Å². The van der Waals surface area contributed by atoms with E-state index >= 15 is 0 Å². The molecule has 0 radical (unpaired) electrons. The van der Waals surface area contributed by atoms with Crippen molar-refractivity contribution < 1.29 is 18.7 Å². The summed E-state index contributed by atoms with van der Waals surface area (Å²) in [5, 5.41) is 6.92. The van der Waals surface area contributed by atoms with Crippen LogP contribution in [0.25, 0.3) is 0 Å². The molecule has 0 saturated heterocycles. The molecule has 0 fully saturated rings. The molecule has 1 aliphatic heterocycles. The van der Waals surface area contributed by atoms with E-state index in [4.69, 9.17) is 9.47 Å². The third-order valence-electron chi connectivity index (χ3n) is 9.68. The molecule has 2 N–H and O–H groups in total. The number of halogens is 2. The van der Waals surface area contributed by atoms with Crippen molar-refractivity contribution >= 4 is 18.3 Å². The number of hydrogen-bond donors (Lipinski definition) is 2. The molecule has 4 aromatic rings. The molecule has 4 aromatic carbocycles. The summed E-state index contributed by atoms with van der Waals surface area (Å²) in [5.41, 5.74) is 5.71. The van der Waals surface area contributed by atoms with E-state index in [2.05, 4.69) is 90.4 Å². The minimum atomic E-state index is -0.294. The average Bonchev–Trinajstić information content (AvgIpc) is 3.09. The van der Waals surface area contributed by atoms with Crippen molar-refractivity contribution in [2.75, 3.05) is 27.3 Å². The summed E-state index contributed by atoms with van der Waals surface area (Å²) >= 11 is 0. The van der Waals surface area contributed by atoms with E-state index in [1.807, 2.05) is 0 Å². The minimum Gasteiger partial charge on any atom is -0.493 e. The number of carbonyl (C=O) groups excluding carboxylic acids is 1. The summed E-state index contributed by atoms with van der Waals surface area (Å²) in [4.78, 5) is 12.7. The summed E-state index contributed by atoms with van der Waals surface area (Å²) < 4.78 is 24.5. The Balaban J connectivity index is 0.00000500. The van der Waals surface area contributed by atoms with Gasteiger partial charge in [0.15, 0.2) is 11.5 Å². The summed E-state index contributed by atoms with van der Waals surface area (Å²) in [5.74, 6) is 1.22. The summed E-state index contributed by atoms with van der Waals surface area (Å²) in [6.45, 7) is 3.84. The summed E-state index contributed by atoms with van der Waals surface area (Å²) in [6, 6.07) is 32.1. The number of ether oxygens (including phenoxy) is 2. The fraction of sp³-hybridized carbons (Fsp3) is 0.375. The lowest BCUT2D eigenvalue weighted by Gasteiger charge is -2.39. The fourth-order valence-corrected chi connectivity index (χ4v) is 7.19. The number of hydrogen-bond acceptors (Lipinski definition) is 4. The van der Waals surface area contributed by atoms with E-state index in [1.165, 1.54) is 34.4 Å². The highest BCUT2D eigenvalue weighted by molar-refractivity contribution is 5.85. The first kappa shape index (κ1) is 36.0. The van der Waals surface area contributed by atoms with Gasteiger partial charge in [0.25, 0.3) is 0 Å². The van der Waals surface area contributed by atoms with Crippen LogP contribution < -0.4 is 20.1 Å². The molecular formula is C40H48ClFN2O3. The van der Waals surface area contributed by atoms with Crippen molar-refractivity contribution in [2.24, 2.45) is 0 Å². The van der Waals surface area contributed by atoms with Crippen LogP contribution >= 0.6 is 12.4 Å². The Morgan fingerprint density at radius 2 is 1.45 bits per heavy atom. The SMILES string of the molecule is COc1cc2c(cc1OC)C(C)(CCCCC(CCCNC(=O)Cc1ccc(F)cc1)(c1ccccc1)c1ccccc1)NCC2.Cl. The molecule has 1 unspecified atom stereocenters. The number of carbonyl (C=O) groups is 1. The van der Waals surface area contributed by atoms with Gasteiger partial charge in [0.1, 0.15) is 5.82 Å². The van der Waals surface area contributed by atoms with Gasteiger partial charge in [-0.15, -0.1) is 12.4 Å². The zero-order chi connectivity index (χ0) is 32.4. The number of fused-ring (bicyclic) bond motifs is 1. The first-order valence-electron chi connectivity index (χ1n) is 16.5. The van der Waals surface area contributed by atoms with Crippen LogP contribution in [-0.4, -0.2) is 33.2 Å². The molecule has 0 aromatic heterocycles. The molecule has 5 nitrogen and oxygen atoms in total. The molecule has 47 heavy (non-hydrogen) atoms. The zero-order valence-corrected chi connectivity index (χ0v) is 28.6. The number of benzene rings is 4. The summed E-state index contributed by atoms with van der Waals surface area (Å²) in [7, 11) is 3.39. The highest BCUT2D eigenvalue weighted by Crippen LogP contribution is 2.43. The highest BCUT2D eigenvalue weighted by Gasteiger charge is 2.35. The second-order valence-corrected chi connectivity index (χ2v) is 12.7. The molecule has 7 heteroatoms. The van der Waals surface area contributed by atoms with Gasteiger partial charge in [0.2, 0.25) is 5.91 Å². The zero-order valence-electron chi connectivity index (χ0n) is 27.8. The van der Waals surface area contributed by atoms with E-state index in [0.29, 0.717) is 6.54 Å². The highest BCUT2D eigenvalue weighted by atomic mass is 35.5. The molecule has 0 bridgehead atoms. The Morgan fingerprint density at radius 1 is 0.851 bits per heavy atom. The smallest absolute Gasteiger partial charge is 0.224 e. The van der Waals surface area contributed by atoms with Crippen molar-refractivity contribution in [1.29, 1.82) is 0 Å². The van der Waals surface area contributed by atoms with E-state index in [-0.39, 0.29) is 41.5 Å². The molecule has 1 aliphatic rings. The van der Waals surface area contributed by atoms with Crippen molar-refractivity contribution in [3.63, 3.8) is 0 Å². The molecule has 250 valence electrons. The number of unbranched alkanes of at least 4 members (excludes halogenated alkanes) is 1. The molecule has 5 rings (SSSR count). The average molecular weight is 659 g/mol. The first-order chi connectivity index (χ1) is 22.4. The maximum Gasteiger partial charge on any atom is 0.224 e. The Bertz CT molecular complexity index is 1530. The normalized spacial score (nSPS) is 15.7. The predicted octanol–water partition coefficient (Wildman–Crippen LogP) is 8.31. The lowest BCUT2D eigenvalue weighted by Crippen LogP contribution is -2.45. The number of rotatable bonds is 15. The van der Waals surface area contributed by atoms with Gasteiger partial charge in [0.05, 0.1) is 20.6 Å². The van der Waals surface area contributed by atoms with Crippen LogP contribution in [0, 0.1) is 5.82 Å². The van der Waals surface area contributed by atoms with Gasteiger partial charge in [-0.25, -0.2) is 4.39 Å². The van der Waals surface area contributed by atoms with Gasteiger partial charge >= 0.3 is 0 Å². The van der Waals surface area contributed by atoms with Gasteiger partial charge in [-0.05, 0) is 91.1 Å². The maximum atomic E-state index is 13.3. The summed E-state index contributed by atoms with van der Waals surface area (Å²) in [6.07, 6.45) is 7.09. The van der Waals surface area contributed by atoms with E-state index in [1.54, 1.807) is 26.4 Å². The second kappa shape index (κ2) is 16.8. The van der Waals surface area contributed by atoms with Crippen LogP contribution in [0.15, 0.2) is 97.1 Å². The van der Waals surface area contributed by atoms with Crippen molar-refractivity contribution in [3.8, 4) is 11.5 Å². The molecule has 0 saturated carbocycles. The quantitative estimate of drug-likeness (QED) is 0.126. The van der Waals surface area contributed by atoms with Gasteiger partial charge in [-0.2, -0.15) is 0 Å².